The summed E-state index contributed by atoms with van der Waals surface area (Å²) in [5.74, 6) is -33.2. The van der Waals surface area contributed by atoms with Crippen LogP contribution in [0.2, 0.25) is 0 Å². The van der Waals surface area contributed by atoms with Gasteiger partial charge in [0.15, 0.2) is 12.2 Å². The van der Waals surface area contributed by atoms with Crippen molar-refractivity contribution in [2.75, 3.05) is 27.2 Å². The van der Waals surface area contributed by atoms with Gasteiger partial charge < -0.3 is 126 Å². The number of aromatic nitrogens is 1. The molecule has 1 saturated heterocycles. The number of cyclic esters (lactones) is 1. The maximum Gasteiger partial charge on any atom is 0.335 e. The number of nitrogens with zero attached hydrogens (tertiary/aromatic N) is 1. The number of aliphatic hydroxyl groups excluding tert-OH is 1. The van der Waals surface area contributed by atoms with E-state index in [1.165, 1.54) is 13.8 Å². The Balaban J connectivity index is 2.27. The number of rotatable bonds is 35. The summed E-state index contributed by atoms with van der Waals surface area (Å²) in [6.07, 6.45) is -7.48. The molecule has 2 heterocycles. The molecule has 0 bridgehead atoms. The zero-order valence-electron chi connectivity index (χ0n) is 65.3. The lowest BCUT2D eigenvalue weighted by molar-refractivity contribution is -0.159. The molecule has 0 spiro atoms. The Morgan fingerprint density at radius 3 is 1.75 bits per heavy atom. The number of hydrogen-bond donors (Lipinski definition) is 21. The molecule has 1 fully saturated rings. The van der Waals surface area contributed by atoms with Crippen LogP contribution in [0.25, 0.3) is 10.9 Å². The third-order valence-electron chi connectivity index (χ3n) is 18.4. The van der Waals surface area contributed by atoms with Crippen LogP contribution in [0.4, 0.5) is 0 Å². The Bertz CT molecular complexity index is 3950. The molecule has 0 aliphatic carbocycles. The summed E-state index contributed by atoms with van der Waals surface area (Å²) in [5.41, 5.74) is 17.4. The van der Waals surface area contributed by atoms with Crippen molar-refractivity contribution in [1.29, 1.82) is 0 Å². The van der Waals surface area contributed by atoms with Crippen molar-refractivity contribution >= 4 is 135 Å². The number of nitrogens with one attached hydrogen (secondary N) is 13. The van der Waals surface area contributed by atoms with Gasteiger partial charge in [-0.15, -0.1) is 0 Å². The SMILES string of the molecule is CCC(C)CCCCCCC(=O)NC(Cc1c[nH]c2ccccc12)C(=O)NC(CCC(=O)O)C(=O)NC(C(=O)NC1C(=O)N(C)CC(=O)NC(C)C(=O)NC(CC(=O)O)C(=O)NC(CC(N)=O)C(=O)NC(C(OC)C(=O)O)C(=O)NCC(=O)NC(CC(N)=O)C(=O)NC(C(C)CC(=O)O)C(=O)NC(C(C)C)C(=O)OC1C)C(O)C(N)=O. The smallest absolute Gasteiger partial charge is 0.335 e. The Labute approximate surface area is 663 Å². The molecular formula is C71H105N17O28. The summed E-state index contributed by atoms with van der Waals surface area (Å²) in [7, 11) is 1.60. The highest BCUT2D eigenvalue weighted by atomic mass is 16.5. The predicted octanol–water partition coefficient (Wildman–Crippen LogP) is -7.23. The second-order valence-corrected chi connectivity index (χ2v) is 28.3. The number of esters is 1. The van der Waals surface area contributed by atoms with Crippen LogP contribution in [0.15, 0.2) is 30.5 Å². The van der Waals surface area contributed by atoms with Crippen molar-refractivity contribution in [3.05, 3.63) is 36.0 Å². The number of methoxy groups -OCH3 is 1. The molecule has 16 amide bonds. The summed E-state index contributed by atoms with van der Waals surface area (Å²) >= 11 is 0. The van der Waals surface area contributed by atoms with Gasteiger partial charge in [-0.1, -0.05) is 84.9 Å². The van der Waals surface area contributed by atoms with Gasteiger partial charge in [-0.25, -0.2) is 9.59 Å². The fraction of sp³-hybridized carbons (Fsp3) is 0.592. The lowest BCUT2D eigenvalue weighted by Crippen LogP contribution is -2.64. The Morgan fingerprint density at radius 1 is 0.612 bits per heavy atom. The van der Waals surface area contributed by atoms with E-state index in [0.29, 0.717) is 40.1 Å². The number of para-hydroxylation sites is 1. The van der Waals surface area contributed by atoms with E-state index in [4.69, 9.17) is 26.7 Å². The van der Waals surface area contributed by atoms with Gasteiger partial charge in [-0.2, -0.15) is 0 Å². The minimum Gasteiger partial charge on any atom is -0.481 e. The number of nitrogens with two attached hydrogens (primary N) is 3. The molecule has 16 unspecified atom stereocenters. The highest BCUT2D eigenvalue weighted by molar-refractivity contribution is 6.03. The molecule has 45 nitrogen and oxygen atoms in total. The van der Waals surface area contributed by atoms with Crippen molar-refractivity contribution in [2.45, 2.75) is 223 Å². The molecule has 1 aliphatic heterocycles. The van der Waals surface area contributed by atoms with Gasteiger partial charge in [0.05, 0.1) is 38.8 Å². The molecule has 1 aliphatic rings. The standard InChI is InChI=1S/C71H105N17O28/c1-10-32(4)17-13-11-12-14-20-46(91)78-40(24-36-28-75-38-19-16-15-18-37(36)38)62(104)80-39(21-22-49(94)95)61(103)86-55(57(100)59(74)101)68(110)85-54-35(7)116-71(114)52(31(2)3)83-67(109)53(33(5)23-50(96)97)84-64(106)41(25-44(72)89)79-47(92)29-76-66(108)56(58(115-9)70(112)113)87-65(107)42(26-45(73)90)82-63(105)43(27-51(98)99)81-60(102)34(6)77-48(93)30-88(8)69(54)111/h15-16,18-19,28,31-35,39-43,52-58,75,100H,10-14,17,20-27,29-30H2,1-9H3,(H2,72,89)(H2,73,90)(H2,74,101)(H,76,108)(H,77,93)(H,78,91)(H,79,92)(H,80,104)(H,81,102)(H,82,105)(H,83,109)(H,84,106)(H,85,110)(H,86,103)(H,87,107)(H,94,95)(H,96,97)(H,98,99)(H,112,113). The number of benzene rings is 1. The molecule has 24 N–H and O–H groups in total. The van der Waals surface area contributed by atoms with Crippen molar-refractivity contribution in [1.82, 2.24) is 73.7 Å². The van der Waals surface area contributed by atoms with Crippen LogP contribution in [0.3, 0.4) is 0 Å². The van der Waals surface area contributed by atoms with Gasteiger partial charge in [0, 0.05) is 50.5 Å². The first-order valence-corrected chi connectivity index (χ1v) is 36.8. The fourth-order valence-electron chi connectivity index (χ4n) is 11.7. The topological polar surface area (TPSA) is 720 Å². The number of carboxylic acid groups (broad SMARTS) is 4. The van der Waals surface area contributed by atoms with Crippen LogP contribution in [-0.4, -0.2) is 272 Å². The van der Waals surface area contributed by atoms with E-state index in [1.807, 2.05) is 31.9 Å². The molecule has 116 heavy (non-hydrogen) atoms. The van der Waals surface area contributed by atoms with Crippen molar-refractivity contribution in [3.8, 4) is 0 Å². The summed E-state index contributed by atoms with van der Waals surface area (Å²) < 4.78 is 10.6. The molecule has 1 aromatic heterocycles. The number of hydrogen-bond acceptors (Lipinski definition) is 24. The van der Waals surface area contributed by atoms with Gasteiger partial charge >= 0.3 is 29.8 Å². The van der Waals surface area contributed by atoms with Gasteiger partial charge in [0.25, 0.3) is 0 Å². The van der Waals surface area contributed by atoms with Crippen LogP contribution in [0.5, 0.6) is 0 Å². The molecule has 642 valence electrons. The van der Waals surface area contributed by atoms with Gasteiger partial charge in [0.2, 0.25) is 94.5 Å². The molecule has 0 saturated carbocycles. The molecule has 3 rings (SSSR count). The van der Waals surface area contributed by atoms with E-state index in [0.717, 1.165) is 60.6 Å². The summed E-state index contributed by atoms with van der Waals surface area (Å²) in [6.45, 7) is 7.30. The number of primary amides is 3. The first kappa shape index (κ1) is 97.7. The van der Waals surface area contributed by atoms with Crippen LogP contribution < -0.4 is 81.0 Å². The Hall–Kier alpha value is -12.4. The fourth-order valence-corrected chi connectivity index (χ4v) is 11.7. The number of carbonyl (C=O) groups excluding carboxylic acids is 17. The van der Waals surface area contributed by atoms with Gasteiger partial charge in [0.1, 0.15) is 72.6 Å². The number of fused-ring (bicyclic) bond motifs is 1. The van der Waals surface area contributed by atoms with Crippen molar-refractivity contribution in [3.63, 3.8) is 0 Å². The minimum absolute atomic E-state index is 0.0346. The lowest BCUT2D eigenvalue weighted by atomic mass is 9.95. The summed E-state index contributed by atoms with van der Waals surface area (Å²) in [4.78, 5) is 289. The number of aliphatic carboxylic acids is 4. The number of H-pyrrole nitrogens is 1. The summed E-state index contributed by atoms with van der Waals surface area (Å²) in [6, 6.07) is -16.7. The average molecular weight is 1640 g/mol. The van der Waals surface area contributed by atoms with Crippen LogP contribution in [0.1, 0.15) is 138 Å². The van der Waals surface area contributed by atoms with Gasteiger partial charge in [-0.3, -0.25) is 91.1 Å². The molecular weight excluding hydrogens is 1540 g/mol. The zero-order chi connectivity index (χ0) is 87.7. The molecule has 2 aromatic rings. The van der Waals surface area contributed by atoms with E-state index in [2.05, 4.69) is 50.7 Å². The second kappa shape index (κ2) is 47.3. The predicted molar refractivity (Wildman–Crippen MR) is 399 cm³/mol. The van der Waals surface area contributed by atoms with E-state index < -0.39 is 273 Å². The average Bonchev–Trinajstić information content (AvgIpc) is 1.65. The number of ether oxygens (including phenoxy) is 2. The normalized spacial score (nSPS) is 22.1. The quantitative estimate of drug-likeness (QED) is 0.0225. The highest BCUT2D eigenvalue weighted by Crippen LogP contribution is 2.22. The lowest BCUT2D eigenvalue weighted by Gasteiger charge is -2.32. The first-order chi connectivity index (χ1) is 54.3. The third kappa shape index (κ3) is 32.2. The zero-order valence-corrected chi connectivity index (χ0v) is 65.3. The largest absolute Gasteiger partial charge is 0.481 e. The maximum absolute atomic E-state index is 14.9. The Kier molecular flexibility index (Phi) is 39.8. The number of likely N-dealkylation sites (N-methyl/N-ethyl adjacent to an activating group) is 1. The number of aromatic amines is 1. The van der Waals surface area contributed by atoms with E-state index in [9.17, 15) is 126 Å². The van der Waals surface area contributed by atoms with Gasteiger partial charge in [-0.05, 0) is 56.1 Å². The number of amides is 16. The second-order valence-electron chi connectivity index (χ2n) is 28.3. The van der Waals surface area contributed by atoms with Crippen molar-refractivity contribution < 1.29 is 136 Å². The number of carbonyl (C=O) groups is 21. The Morgan fingerprint density at radius 2 is 1.18 bits per heavy atom. The van der Waals surface area contributed by atoms with Crippen LogP contribution in [-0.2, 0) is 117 Å². The van der Waals surface area contributed by atoms with Crippen LogP contribution >= 0.6 is 0 Å². The molecule has 1 aromatic carbocycles. The third-order valence-corrected chi connectivity index (χ3v) is 18.4. The highest BCUT2D eigenvalue weighted by Gasteiger charge is 2.44. The maximum atomic E-state index is 14.9. The monoisotopic (exact) mass is 1640 g/mol. The van der Waals surface area contributed by atoms with Crippen molar-refractivity contribution in [2.24, 2.45) is 35.0 Å². The minimum atomic E-state index is -2.82. The number of unbranched alkanes of at least 4 members (excludes halogenated alkanes) is 3. The number of aliphatic hydroxyl groups is 1. The summed E-state index contributed by atoms with van der Waals surface area (Å²) in [5, 5.41) is 77.1. The first-order valence-electron chi connectivity index (χ1n) is 36.8. The molecule has 0 radical (unpaired) electrons. The van der Waals surface area contributed by atoms with E-state index in [-0.39, 0.29) is 12.8 Å². The molecule has 45 heteroatoms. The number of carboxylic acids is 4. The van der Waals surface area contributed by atoms with E-state index in [1.54, 1.807) is 30.5 Å². The molecule has 16 atom stereocenters. The van der Waals surface area contributed by atoms with E-state index >= 15 is 0 Å². The van der Waals surface area contributed by atoms with Crippen LogP contribution in [0, 0.1) is 17.8 Å².